The van der Waals surface area contributed by atoms with Gasteiger partial charge in [-0.05, 0) is 88.0 Å². The van der Waals surface area contributed by atoms with E-state index in [0.717, 1.165) is 38.9 Å². The fourth-order valence-corrected chi connectivity index (χ4v) is 8.84. The molecule has 0 aromatic heterocycles. The molecule has 0 radical (unpaired) electrons. The van der Waals surface area contributed by atoms with Crippen molar-refractivity contribution in [3.05, 3.63) is 159 Å². The molecule has 3 heterocycles. The number of rotatable bonds is 3. The van der Waals surface area contributed by atoms with E-state index in [1.807, 2.05) is 12.1 Å². The molecule has 6 unspecified atom stereocenters. The van der Waals surface area contributed by atoms with Crippen molar-refractivity contribution in [2.75, 3.05) is 0 Å². The van der Waals surface area contributed by atoms with Crippen molar-refractivity contribution < 1.29 is 44.8 Å². The lowest BCUT2D eigenvalue weighted by Gasteiger charge is -2.26. The van der Waals surface area contributed by atoms with E-state index in [4.69, 9.17) is 14.2 Å². The van der Waals surface area contributed by atoms with Gasteiger partial charge in [0.1, 0.15) is 70.1 Å². The molecule has 0 saturated carbocycles. The van der Waals surface area contributed by atoms with Gasteiger partial charge in [0.2, 0.25) is 0 Å². The number of phenolic OH excluding ortho intramolecular Hbond substituents is 6. The normalized spacial score (nSPS) is 23.1. The Morgan fingerprint density at radius 3 is 1.08 bits per heavy atom. The van der Waals surface area contributed by atoms with Gasteiger partial charge in [-0.15, -0.1) is 0 Å². The van der Waals surface area contributed by atoms with Crippen molar-refractivity contribution in [2.45, 2.75) is 36.1 Å². The molecule has 9 nitrogen and oxygen atoms in total. The lowest BCUT2D eigenvalue weighted by molar-refractivity contribution is 0.219. The molecule has 6 aromatic carbocycles. The van der Waals surface area contributed by atoms with Crippen molar-refractivity contribution >= 4 is 0 Å². The van der Waals surface area contributed by atoms with Gasteiger partial charge in [-0.1, -0.05) is 36.4 Å². The van der Waals surface area contributed by atoms with Gasteiger partial charge in [-0.2, -0.15) is 0 Å². The second-order valence-electron chi connectivity index (χ2n) is 13.7. The Labute approximate surface area is 291 Å². The zero-order valence-corrected chi connectivity index (χ0v) is 26.8. The number of benzene rings is 6. The number of hydrogen-bond acceptors (Lipinski definition) is 9. The first kappa shape index (κ1) is 29.4. The largest absolute Gasteiger partial charge is 0.508 e. The fourth-order valence-electron chi connectivity index (χ4n) is 8.84. The summed E-state index contributed by atoms with van der Waals surface area (Å²) in [6, 6.07) is 30.4. The van der Waals surface area contributed by atoms with E-state index in [-0.39, 0.29) is 34.5 Å². The Balaban J connectivity index is 1.34. The molecule has 1 aliphatic carbocycles. The lowest BCUT2D eigenvalue weighted by Crippen LogP contribution is -2.16. The monoisotopic (exact) mass is 678 g/mol. The van der Waals surface area contributed by atoms with E-state index in [1.165, 1.54) is 0 Å². The van der Waals surface area contributed by atoms with Crippen molar-refractivity contribution in [1.29, 1.82) is 0 Å². The SMILES string of the molecule is Oc1ccc(C2Oc3cc(O)cc4c3C2c2cc(O)cc3c2C(c2cc(O)cc5c2C4C(c2cccc(O)c2)O5)C(c2cccc(O)c2)O3)cc1. The topological polar surface area (TPSA) is 149 Å². The molecule has 6 N–H and O–H groups in total. The minimum Gasteiger partial charge on any atom is -0.508 e. The van der Waals surface area contributed by atoms with Crippen LogP contribution in [0.15, 0.2) is 109 Å². The molecular formula is C42H30O9. The summed E-state index contributed by atoms with van der Waals surface area (Å²) in [6.07, 6.45) is -2.03. The molecule has 4 aliphatic rings. The smallest absolute Gasteiger partial charge is 0.135 e. The molecular weight excluding hydrogens is 648 g/mol. The molecule has 252 valence electrons. The number of fused-ring (bicyclic) bond motifs is 3. The Bertz CT molecular complexity index is 2370. The number of phenols is 6. The van der Waals surface area contributed by atoms with Crippen LogP contribution < -0.4 is 14.2 Å². The van der Waals surface area contributed by atoms with Crippen LogP contribution in [-0.4, -0.2) is 30.6 Å². The van der Waals surface area contributed by atoms with Gasteiger partial charge < -0.3 is 44.8 Å². The zero-order chi connectivity index (χ0) is 34.7. The Morgan fingerprint density at radius 2 is 0.706 bits per heavy atom. The van der Waals surface area contributed by atoms with Crippen LogP contribution in [-0.2, 0) is 0 Å². The van der Waals surface area contributed by atoms with E-state index in [1.54, 1.807) is 97.1 Å². The summed E-state index contributed by atoms with van der Waals surface area (Å²) in [5.74, 6) is -0.174. The summed E-state index contributed by atoms with van der Waals surface area (Å²) >= 11 is 0. The van der Waals surface area contributed by atoms with Crippen molar-refractivity contribution in [1.82, 2.24) is 0 Å². The van der Waals surface area contributed by atoms with Crippen LogP contribution in [0.2, 0.25) is 0 Å². The van der Waals surface area contributed by atoms with E-state index in [2.05, 4.69) is 0 Å². The minimum atomic E-state index is -0.692. The summed E-state index contributed by atoms with van der Waals surface area (Å²) in [5.41, 5.74) is 6.64. The Kier molecular flexibility index (Phi) is 6.07. The van der Waals surface area contributed by atoms with E-state index < -0.39 is 36.1 Å². The molecule has 0 amide bonds. The highest BCUT2D eigenvalue weighted by Gasteiger charge is 2.52. The second-order valence-corrected chi connectivity index (χ2v) is 13.7. The predicted molar refractivity (Wildman–Crippen MR) is 184 cm³/mol. The molecule has 0 bridgehead atoms. The highest BCUT2D eigenvalue weighted by Crippen LogP contribution is 2.65. The van der Waals surface area contributed by atoms with Crippen LogP contribution in [0.3, 0.4) is 0 Å². The zero-order valence-electron chi connectivity index (χ0n) is 26.8. The van der Waals surface area contributed by atoms with E-state index >= 15 is 0 Å². The predicted octanol–water partition coefficient (Wildman–Crippen LogP) is 8.03. The molecule has 6 aromatic rings. The molecule has 10 rings (SSSR count). The average Bonchev–Trinajstić information content (AvgIpc) is 3.79. The summed E-state index contributed by atoms with van der Waals surface area (Å²) in [6.45, 7) is 0. The van der Waals surface area contributed by atoms with Crippen LogP contribution >= 0.6 is 0 Å². The third kappa shape index (κ3) is 4.34. The number of aromatic hydroxyl groups is 6. The first-order chi connectivity index (χ1) is 24.7. The first-order valence-corrected chi connectivity index (χ1v) is 16.7. The van der Waals surface area contributed by atoms with Gasteiger partial charge in [-0.3, -0.25) is 0 Å². The maximum absolute atomic E-state index is 11.3. The van der Waals surface area contributed by atoms with E-state index in [9.17, 15) is 30.6 Å². The number of ether oxygens (including phenoxy) is 3. The fraction of sp³-hybridized carbons (Fsp3) is 0.143. The maximum atomic E-state index is 11.3. The second kappa shape index (κ2) is 10.5. The van der Waals surface area contributed by atoms with Crippen LogP contribution in [0.5, 0.6) is 51.7 Å². The standard InChI is InChI=1S/C42H30O9/c43-22-9-7-19(8-10-22)40-37-28-13-25(46)17-32-35(28)39(42(50-32)21-4-2-6-24(45)12-21)30-15-27(48)18-33-36(30)38(29-14-26(47)16-31(49-40)34(29)37)41(51-33)20-3-1-5-23(44)11-20/h1-18,37-48H. The van der Waals surface area contributed by atoms with Crippen molar-refractivity contribution in [2.24, 2.45) is 0 Å². The summed E-state index contributed by atoms with van der Waals surface area (Å²) in [4.78, 5) is 0. The van der Waals surface area contributed by atoms with Crippen LogP contribution in [0.4, 0.5) is 0 Å². The van der Waals surface area contributed by atoms with Crippen LogP contribution in [0.25, 0.3) is 0 Å². The third-order valence-corrected chi connectivity index (χ3v) is 10.7. The van der Waals surface area contributed by atoms with Gasteiger partial charge in [-0.25, -0.2) is 0 Å². The van der Waals surface area contributed by atoms with Gasteiger partial charge in [0.05, 0.1) is 17.8 Å². The Morgan fingerprint density at radius 1 is 0.333 bits per heavy atom. The molecule has 0 spiro atoms. The van der Waals surface area contributed by atoms with Gasteiger partial charge in [0.25, 0.3) is 0 Å². The summed E-state index contributed by atoms with van der Waals surface area (Å²) < 4.78 is 20.3. The van der Waals surface area contributed by atoms with Gasteiger partial charge >= 0.3 is 0 Å². The molecule has 0 fully saturated rings. The molecule has 9 heteroatoms. The maximum Gasteiger partial charge on any atom is 0.135 e. The quantitative estimate of drug-likeness (QED) is 0.109. The summed E-state index contributed by atoms with van der Waals surface area (Å²) in [5, 5.41) is 65.3. The van der Waals surface area contributed by atoms with Crippen LogP contribution in [0.1, 0.15) is 86.1 Å². The average molecular weight is 679 g/mol. The highest BCUT2D eigenvalue weighted by atomic mass is 16.5. The van der Waals surface area contributed by atoms with E-state index in [0.29, 0.717) is 28.4 Å². The Hall–Kier alpha value is -6.48. The lowest BCUT2D eigenvalue weighted by atomic mass is 9.76. The van der Waals surface area contributed by atoms with Gasteiger partial charge in [0, 0.05) is 34.9 Å². The number of hydrogen-bond donors (Lipinski definition) is 6. The molecule has 0 saturated heterocycles. The first-order valence-electron chi connectivity index (χ1n) is 16.7. The van der Waals surface area contributed by atoms with Crippen LogP contribution in [0, 0.1) is 0 Å². The van der Waals surface area contributed by atoms with Crippen molar-refractivity contribution in [3.8, 4) is 51.7 Å². The summed E-state index contributed by atoms with van der Waals surface area (Å²) in [7, 11) is 0. The van der Waals surface area contributed by atoms with Gasteiger partial charge in [0.15, 0.2) is 0 Å². The van der Waals surface area contributed by atoms with Crippen molar-refractivity contribution in [3.63, 3.8) is 0 Å². The molecule has 3 aliphatic heterocycles. The molecule has 51 heavy (non-hydrogen) atoms. The third-order valence-electron chi connectivity index (χ3n) is 10.7. The molecule has 6 atom stereocenters. The highest BCUT2D eigenvalue weighted by molar-refractivity contribution is 5.70. The minimum absolute atomic E-state index is 0.0158.